The van der Waals surface area contributed by atoms with Crippen LogP contribution in [0.15, 0.2) is 22.8 Å². The molecule has 2 heteroatoms. The standard InChI is InChI=1S/C12H19NO/c1-3-13-12(9(2)10-6-7-10)11-5-4-8-14-11/h4-5,8-10,12-13H,3,6-7H2,1-2H3. The van der Waals surface area contributed by atoms with Gasteiger partial charge >= 0.3 is 0 Å². The minimum atomic E-state index is 0.405. The summed E-state index contributed by atoms with van der Waals surface area (Å²) >= 11 is 0. The second-order valence-corrected chi connectivity index (χ2v) is 4.25. The summed E-state index contributed by atoms with van der Waals surface area (Å²) in [4.78, 5) is 0. The van der Waals surface area contributed by atoms with E-state index in [9.17, 15) is 0 Å². The minimum Gasteiger partial charge on any atom is -0.468 e. The summed E-state index contributed by atoms with van der Waals surface area (Å²) < 4.78 is 5.48. The molecule has 0 aliphatic heterocycles. The molecule has 0 aromatic carbocycles. The fraction of sp³-hybridized carbons (Fsp3) is 0.667. The molecule has 0 spiro atoms. The summed E-state index contributed by atoms with van der Waals surface area (Å²) in [5.41, 5.74) is 0. The average molecular weight is 193 g/mol. The van der Waals surface area contributed by atoms with E-state index in [1.165, 1.54) is 12.8 Å². The molecule has 1 fully saturated rings. The van der Waals surface area contributed by atoms with Crippen molar-refractivity contribution in [3.05, 3.63) is 24.2 Å². The summed E-state index contributed by atoms with van der Waals surface area (Å²) in [6, 6.07) is 4.45. The molecule has 1 aliphatic rings. The van der Waals surface area contributed by atoms with Crippen LogP contribution in [0.25, 0.3) is 0 Å². The van der Waals surface area contributed by atoms with E-state index in [0.717, 1.165) is 18.2 Å². The molecule has 78 valence electrons. The number of hydrogen-bond donors (Lipinski definition) is 1. The molecule has 0 saturated heterocycles. The Morgan fingerprint density at radius 2 is 2.36 bits per heavy atom. The molecule has 2 nitrogen and oxygen atoms in total. The molecular formula is C12H19NO. The lowest BCUT2D eigenvalue weighted by atomic mass is 9.94. The van der Waals surface area contributed by atoms with Crippen molar-refractivity contribution in [1.82, 2.24) is 5.32 Å². The highest BCUT2D eigenvalue weighted by atomic mass is 16.3. The van der Waals surface area contributed by atoms with Crippen LogP contribution in [0.1, 0.15) is 38.5 Å². The van der Waals surface area contributed by atoms with Crippen molar-refractivity contribution in [3.8, 4) is 0 Å². The molecule has 2 atom stereocenters. The number of rotatable bonds is 5. The Bertz CT molecular complexity index is 264. The maximum Gasteiger partial charge on any atom is 0.120 e. The maximum atomic E-state index is 5.48. The van der Waals surface area contributed by atoms with Crippen LogP contribution < -0.4 is 5.32 Å². The lowest BCUT2D eigenvalue weighted by Crippen LogP contribution is -2.27. The van der Waals surface area contributed by atoms with Gasteiger partial charge in [-0.3, -0.25) is 0 Å². The predicted octanol–water partition coefficient (Wildman–Crippen LogP) is 2.98. The highest BCUT2D eigenvalue weighted by molar-refractivity contribution is 5.07. The lowest BCUT2D eigenvalue weighted by Gasteiger charge is -2.22. The smallest absolute Gasteiger partial charge is 0.120 e. The van der Waals surface area contributed by atoms with Crippen LogP contribution in [0.4, 0.5) is 0 Å². The van der Waals surface area contributed by atoms with Gasteiger partial charge in [0.1, 0.15) is 5.76 Å². The SMILES string of the molecule is CCNC(c1ccco1)C(C)C1CC1. The fourth-order valence-corrected chi connectivity index (χ4v) is 2.13. The van der Waals surface area contributed by atoms with Gasteiger partial charge in [-0.05, 0) is 43.4 Å². The first-order chi connectivity index (χ1) is 6.83. The molecule has 14 heavy (non-hydrogen) atoms. The fourth-order valence-electron chi connectivity index (χ4n) is 2.13. The van der Waals surface area contributed by atoms with Crippen molar-refractivity contribution in [2.45, 2.75) is 32.7 Å². The van der Waals surface area contributed by atoms with Crippen molar-refractivity contribution in [3.63, 3.8) is 0 Å². The molecule has 1 heterocycles. The minimum absolute atomic E-state index is 0.405. The third-order valence-corrected chi connectivity index (χ3v) is 3.17. The largest absolute Gasteiger partial charge is 0.468 e. The zero-order chi connectivity index (χ0) is 9.97. The van der Waals surface area contributed by atoms with Crippen molar-refractivity contribution in [2.24, 2.45) is 11.8 Å². The van der Waals surface area contributed by atoms with Crippen LogP contribution in [0.3, 0.4) is 0 Å². The Hall–Kier alpha value is -0.760. The van der Waals surface area contributed by atoms with Crippen LogP contribution in [0.2, 0.25) is 0 Å². The van der Waals surface area contributed by atoms with Crippen LogP contribution in [-0.2, 0) is 0 Å². The maximum absolute atomic E-state index is 5.48. The summed E-state index contributed by atoms with van der Waals surface area (Å²) in [5, 5.41) is 3.51. The molecule has 0 amide bonds. The van der Waals surface area contributed by atoms with Crippen molar-refractivity contribution >= 4 is 0 Å². The summed E-state index contributed by atoms with van der Waals surface area (Å²) in [7, 11) is 0. The van der Waals surface area contributed by atoms with Gasteiger partial charge in [-0.1, -0.05) is 13.8 Å². The van der Waals surface area contributed by atoms with Crippen molar-refractivity contribution < 1.29 is 4.42 Å². The van der Waals surface area contributed by atoms with E-state index < -0.39 is 0 Å². The lowest BCUT2D eigenvalue weighted by molar-refractivity contribution is 0.304. The molecule has 1 aliphatic carbocycles. The van der Waals surface area contributed by atoms with E-state index in [-0.39, 0.29) is 0 Å². The summed E-state index contributed by atoms with van der Waals surface area (Å²) in [6.45, 7) is 5.48. The average Bonchev–Trinajstić information content (AvgIpc) is 2.91. The van der Waals surface area contributed by atoms with Gasteiger partial charge < -0.3 is 9.73 Å². The highest BCUT2D eigenvalue weighted by Crippen LogP contribution is 2.42. The van der Waals surface area contributed by atoms with Gasteiger partial charge in [0, 0.05) is 0 Å². The zero-order valence-electron chi connectivity index (χ0n) is 8.99. The second-order valence-electron chi connectivity index (χ2n) is 4.25. The summed E-state index contributed by atoms with van der Waals surface area (Å²) in [5.74, 6) is 2.69. The van der Waals surface area contributed by atoms with Gasteiger partial charge in [-0.25, -0.2) is 0 Å². The first-order valence-electron chi connectivity index (χ1n) is 5.59. The molecule has 1 N–H and O–H groups in total. The normalized spacial score (nSPS) is 20.7. The van der Waals surface area contributed by atoms with Gasteiger partial charge in [0.25, 0.3) is 0 Å². The van der Waals surface area contributed by atoms with E-state index in [1.54, 1.807) is 6.26 Å². The van der Waals surface area contributed by atoms with E-state index >= 15 is 0 Å². The molecule has 1 saturated carbocycles. The molecule has 1 aromatic heterocycles. The Kier molecular flexibility index (Phi) is 2.92. The summed E-state index contributed by atoms with van der Waals surface area (Å²) in [6.07, 6.45) is 4.55. The van der Waals surface area contributed by atoms with E-state index in [0.29, 0.717) is 12.0 Å². The van der Waals surface area contributed by atoms with Gasteiger partial charge in [-0.15, -0.1) is 0 Å². The third kappa shape index (κ3) is 2.01. The molecule has 1 aromatic rings. The first kappa shape index (κ1) is 9.78. The molecule has 0 bridgehead atoms. The first-order valence-corrected chi connectivity index (χ1v) is 5.59. The van der Waals surface area contributed by atoms with Crippen molar-refractivity contribution in [2.75, 3.05) is 6.54 Å². The van der Waals surface area contributed by atoms with E-state index in [1.807, 2.05) is 6.07 Å². The Morgan fingerprint density at radius 1 is 1.57 bits per heavy atom. The third-order valence-electron chi connectivity index (χ3n) is 3.17. The predicted molar refractivity (Wildman–Crippen MR) is 57.0 cm³/mol. The van der Waals surface area contributed by atoms with Crippen molar-refractivity contribution in [1.29, 1.82) is 0 Å². The molecule has 2 unspecified atom stereocenters. The monoisotopic (exact) mass is 193 g/mol. The van der Waals surface area contributed by atoms with Gasteiger partial charge in [0.05, 0.1) is 12.3 Å². The van der Waals surface area contributed by atoms with Crippen LogP contribution in [0.5, 0.6) is 0 Å². The van der Waals surface area contributed by atoms with Crippen LogP contribution >= 0.6 is 0 Å². The topological polar surface area (TPSA) is 25.2 Å². The number of hydrogen-bond acceptors (Lipinski definition) is 2. The second kappa shape index (κ2) is 4.18. The zero-order valence-corrected chi connectivity index (χ0v) is 8.99. The van der Waals surface area contributed by atoms with Gasteiger partial charge in [-0.2, -0.15) is 0 Å². The highest BCUT2D eigenvalue weighted by Gasteiger charge is 2.34. The molecule has 0 radical (unpaired) electrons. The van der Waals surface area contributed by atoms with Crippen LogP contribution in [-0.4, -0.2) is 6.54 Å². The molecule has 2 rings (SSSR count). The van der Waals surface area contributed by atoms with Gasteiger partial charge in [0.2, 0.25) is 0 Å². The molecular weight excluding hydrogens is 174 g/mol. The van der Waals surface area contributed by atoms with E-state index in [2.05, 4.69) is 25.2 Å². The van der Waals surface area contributed by atoms with Crippen LogP contribution in [0, 0.1) is 11.8 Å². The Balaban J connectivity index is 2.06. The number of nitrogens with one attached hydrogen (secondary N) is 1. The quantitative estimate of drug-likeness (QED) is 0.777. The Labute approximate surface area is 85.7 Å². The van der Waals surface area contributed by atoms with E-state index in [4.69, 9.17) is 4.42 Å². The Morgan fingerprint density at radius 3 is 2.86 bits per heavy atom. The number of furan rings is 1. The van der Waals surface area contributed by atoms with Gasteiger partial charge in [0.15, 0.2) is 0 Å².